The Balaban J connectivity index is 0.000000189. The number of nitrogens with one attached hydrogen (secondary N) is 1. The van der Waals surface area contributed by atoms with Crippen LogP contribution in [-0.2, 0) is 0 Å². The molecule has 1 aromatic heterocycles. The molecule has 13 heavy (non-hydrogen) atoms. The van der Waals surface area contributed by atoms with Crippen LogP contribution in [0.2, 0.25) is 0 Å². The van der Waals surface area contributed by atoms with Crippen LogP contribution < -0.4 is 0 Å². The van der Waals surface area contributed by atoms with E-state index in [9.17, 15) is 0 Å². The van der Waals surface area contributed by atoms with Crippen LogP contribution in [0.25, 0.3) is 0 Å². The number of rotatable bonds is 0. The summed E-state index contributed by atoms with van der Waals surface area (Å²) in [5.74, 6) is 0. The molecule has 0 radical (unpaired) electrons. The molecule has 0 aliphatic carbocycles. The van der Waals surface area contributed by atoms with Crippen LogP contribution in [0.3, 0.4) is 0 Å². The van der Waals surface area contributed by atoms with E-state index in [-0.39, 0.29) is 0 Å². The molecular weight excluding hydrogens is 181 g/mol. The van der Waals surface area contributed by atoms with Crippen LogP contribution in [0.15, 0.2) is 18.5 Å². The van der Waals surface area contributed by atoms with E-state index in [4.69, 9.17) is 0 Å². The number of aromatic nitrogens is 2. The van der Waals surface area contributed by atoms with Gasteiger partial charge in [-0.05, 0) is 18.9 Å². The molecule has 1 aliphatic heterocycles. The van der Waals surface area contributed by atoms with Gasteiger partial charge in [0.05, 0.1) is 0 Å². The lowest BCUT2D eigenvalue weighted by Crippen LogP contribution is -2.01. The molecule has 2 rings (SSSR count). The van der Waals surface area contributed by atoms with E-state index < -0.39 is 0 Å². The number of nitrogens with zero attached hydrogens (tertiary/aromatic N) is 2. The van der Waals surface area contributed by atoms with Gasteiger partial charge in [0.2, 0.25) is 0 Å². The third-order valence-corrected chi connectivity index (χ3v) is 2.06. The Kier molecular flexibility index (Phi) is 9.39. The highest BCUT2D eigenvalue weighted by Crippen LogP contribution is 2.10. The molecule has 1 aromatic rings. The van der Waals surface area contributed by atoms with Crippen LogP contribution in [0, 0.1) is 0 Å². The Hall–Kier alpha value is -0.400. The van der Waals surface area contributed by atoms with E-state index in [1.165, 1.54) is 25.9 Å². The largest absolute Gasteiger partial charge is 0.287 e. The molecule has 0 bridgehead atoms. The fourth-order valence-corrected chi connectivity index (χ4v) is 1.32. The summed E-state index contributed by atoms with van der Waals surface area (Å²) in [6.07, 6.45) is 6.24. The maximum Gasteiger partial charge on any atom is 0.0487 e. The van der Waals surface area contributed by atoms with Crippen molar-refractivity contribution in [2.24, 2.45) is 0 Å². The van der Waals surface area contributed by atoms with Crippen molar-refractivity contribution < 1.29 is 0 Å². The fourth-order valence-electron chi connectivity index (χ4n) is 0.957. The Labute approximate surface area is 83.2 Å². The SMILES string of the molecule is CC.PN1CCCC1.c1cn[nH]c1. The third-order valence-electron chi connectivity index (χ3n) is 1.55. The third kappa shape index (κ3) is 7.94. The van der Waals surface area contributed by atoms with E-state index in [1.807, 2.05) is 19.9 Å². The highest BCUT2D eigenvalue weighted by molar-refractivity contribution is 7.13. The Morgan fingerprint density at radius 2 is 1.92 bits per heavy atom. The van der Waals surface area contributed by atoms with Crippen LogP contribution >= 0.6 is 9.39 Å². The molecule has 0 aromatic carbocycles. The van der Waals surface area contributed by atoms with Gasteiger partial charge in [-0.25, -0.2) is 0 Å². The smallest absolute Gasteiger partial charge is 0.0487 e. The predicted octanol–water partition coefficient (Wildman–Crippen LogP) is 2.31. The summed E-state index contributed by atoms with van der Waals surface area (Å²) < 4.78 is 2.28. The van der Waals surface area contributed by atoms with Gasteiger partial charge in [0.25, 0.3) is 0 Å². The lowest BCUT2D eigenvalue weighted by molar-refractivity contribution is 0.586. The van der Waals surface area contributed by atoms with Crippen molar-refractivity contribution in [3.8, 4) is 0 Å². The van der Waals surface area contributed by atoms with Crippen LogP contribution in [0.5, 0.6) is 0 Å². The first kappa shape index (κ1) is 12.6. The van der Waals surface area contributed by atoms with Crippen molar-refractivity contribution >= 4 is 9.39 Å². The summed E-state index contributed by atoms with van der Waals surface area (Å²) >= 11 is 0. The van der Waals surface area contributed by atoms with Crippen molar-refractivity contribution in [1.29, 1.82) is 0 Å². The van der Waals surface area contributed by atoms with Gasteiger partial charge in [-0.1, -0.05) is 23.2 Å². The Morgan fingerprint density at radius 1 is 1.31 bits per heavy atom. The van der Waals surface area contributed by atoms with Crippen LogP contribution in [0.1, 0.15) is 26.7 Å². The topological polar surface area (TPSA) is 31.9 Å². The van der Waals surface area contributed by atoms with E-state index in [0.717, 1.165) is 0 Å². The van der Waals surface area contributed by atoms with E-state index in [2.05, 4.69) is 24.3 Å². The summed E-state index contributed by atoms with van der Waals surface area (Å²) in [6, 6.07) is 1.83. The Bertz CT molecular complexity index is 142. The molecule has 1 aliphatic rings. The molecule has 1 fully saturated rings. The number of hydrogen-bond acceptors (Lipinski definition) is 2. The van der Waals surface area contributed by atoms with E-state index in [1.54, 1.807) is 12.4 Å². The zero-order valence-corrected chi connectivity index (χ0v) is 9.69. The lowest BCUT2D eigenvalue weighted by atomic mass is 10.4. The molecule has 76 valence electrons. The molecule has 0 spiro atoms. The first-order valence-electron chi connectivity index (χ1n) is 4.83. The minimum atomic E-state index is 1.28. The summed E-state index contributed by atoms with van der Waals surface area (Å²) in [6.45, 7) is 6.56. The average Bonchev–Trinajstić information content (AvgIpc) is 2.81. The van der Waals surface area contributed by atoms with Gasteiger partial charge in [-0.15, -0.1) is 0 Å². The quantitative estimate of drug-likeness (QED) is 0.653. The molecule has 2 heterocycles. The first-order valence-corrected chi connectivity index (χ1v) is 5.34. The highest BCUT2D eigenvalue weighted by Gasteiger charge is 2.03. The van der Waals surface area contributed by atoms with Gasteiger partial charge >= 0.3 is 0 Å². The second-order valence-corrected chi connectivity index (χ2v) is 3.24. The first-order chi connectivity index (χ1) is 6.39. The van der Waals surface area contributed by atoms with Crippen molar-refractivity contribution in [2.45, 2.75) is 26.7 Å². The molecule has 1 N–H and O–H groups in total. The van der Waals surface area contributed by atoms with Crippen molar-refractivity contribution in [1.82, 2.24) is 14.9 Å². The number of hydrogen-bond donors (Lipinski definition) is 1. The minimum absolute atomic E-state index is 1.28. The molecule has 1 atom stereocenters. The van der Waals surface area contributed by atoms with E-state index >= 15 is 0 Å². The molecule has 0 saturated carbocycles. The Morgan fingerprint density at radius 3 is 2.08 bits per heavy atom. The standard InChI is InChI=1S/C4H10NP.C3H4N2.C2H6/c6-5-3-1-2-4-5;1-2-4-5-3-1;1-2/h1-4,6H2;1-3H,(H,4,5);1-2H3. The van der Waals surface area contributed by atoms with Crippen molar-refractivity contribution in [3.05, 3.63) is 18.5 Å². The van der Waals surface area contributed by atoms with Crippen LogP contribution in [-0.4, -0.2) is 28.0 Å². The summed E-state index contributed by atoms with van der Waals surface area (Å²) in [4.78, 5) is 0. The molecular formula is C9H20N3P. The van der Waals surface area contributed by atoms with Crippen molar-refractivity contribution in [2.75, 3.05) is 13.1 Å². The normalized spacial score (nSPS) is 15.3. The van der Waals surface area contributed by atoms with Gasteiger partial charge < -0.3 is 0 Å². The summed E-state index contributed by atoms with van der Waals surface area (Å²) in [5.41, 5.74) is 0. The zero-order chi connectivity index (χ0) is 9.94. The number of aromatic amines is 1. The second kappa shape index (κ2) is 9.69. The summed E-state index contributed by atoms with van der Waals surface area (Å²) in [7, 11) is 2.71. The van der Waals surface area contributed by atoms with Gasteiger partial charge in [0, 0.05) is 25.5 Å². The van der Waals surface area contributed by atoms with Crippen LogP contribution in [0.4, 0.5) is 0 Å². The predicted molar refractivity (Wildman–Crippen MR) is 60.5 cm³/mol. The van der Waals surface area contributed by atoms with Gasteiger partial charge in [0.15, 0.2) is 0 Å². The second-order valence-electron chi connectivity index (χ2n) is 2.51. The maximum absolute atomic E-state index is 3.60. The molecule has 0 amide bonds. The monoisotopic (exact) mass is 201 g/mol. The highest BCUT2D eigenvalue weighted by atomic mass is 31.0. The average molecular weight is 201 g/mol. The fraction of sp³-hybridized carbons (Fsp3) is 0.667. The van der Waals surface area contributed by atoms with Crippen molar-refractivity contribution in [3.63, 3.8) is 0 Å². The van der Waals surface area contributed by atoms with Gasteiger partial charge in [-0.2, -0.15) is 5.10 Å². The summed E-state index contributed by atoms with van der Waals surface area (Å²) in [5, 5.41) is 6.21. The lowest BCUT2D eigenvalue weighted by Gasteiger charge is -2.00. The van der Waals surface area contributed by atoms with Gasteiger partial charge in [0.1, 0.15) is 0 Å². The molecule has 1 saturated heterocycles. The zero-order valence-electron chi connectivity index (χ0n) is 8.53. The molecule has 4 heteroatoms. The maximum atomic E-state index is 3.60. The molecule has 3 nitrogen and oxygen atoms in total. The van der Waals surface area contributed by atoms with E-state index in [0.29, 0.717) is 0 Å². The number of H-pyrrole nitrogens is 1. The van der Waals surface area contributed by atoms with Gasteiger partial charge in [-0.3, -0.25) is 9.77 Å². The minimum Gasteiger partial charge on any atom is -0.287 e. The molecule has 1 unspecified atom stereocenters.